The van der Waals surface area contributed by atoms with Crippen molar-refractivity contribution < 1.29 is 0 Å². The predicted molar refractivity (Wildman–Crippen MR) is 60.5 cm³/mol. The van der Waals surface area contributed by atoms with Crippen molar-refractivity contribution in [1.29, 1.82) is 0 Å². The third-order valence-corrected chi connectivity index (χ3v) is 3.63. The summed E-state index contributed by atoms with van der Waals surface area (Å²) >= 11 is 0. The smallest absolute Gasteiger partial charge is 0.00672 e. The zero-order valence-corrected chi connectivity index (χ0v) is 9.47. The van der Waals surface area contributed by atoms with Crippen molar-refractivity contribution in [3.8, 4) is 0 Å². The molecular formula is C12H24N2. The Balaban J connectivity index is 1.55. The summed E-state index contributed by atoms with van der Waals surface area (Å²) in [5, 5.41) is 3.67. The number of rotatable bonds is 5. The second kappa shape index (κ2) is 5.13. The fraction of sp³-hybridized carbons (Fsp3) is 1.00. The Morgan fingerprint density at radius 3 is 2.50 bits per heavy atom. The molecule has 2 fully saturated rings. The molecule has 1 aliphatic carbocycles. The average molecular weight is 196 g/mol. The van der Waals surface area contributed by atoms with Crippen molar-refractivity contribution in [2.45, 2.75) is 45.1 Å². The van der Waals surface area contributed by atoms with Crippen molar-refractivity contribution in [3.63, 3.8) is 0 Å². The maximum atomic E-state index is 3.67. The van der Waals surface area contributed by atoms with Crippen LogP contribution in [-0.2, 0) is 0 Å². The largest absolute Gasteiger partial charge is 0.314 e. The van der Waals surface area contributed by atoms with E-state index >= 15 is 0 Å². The van der Waals surface area contributed by atoms with Crippen LogP contribution >= 0.6 is 0 Å². The van der Waals surface area contributed by atoms with E-state index in [0.717, 1.165) is 12.0 Å². The van der Waals surface area contributed by atoms with Crippen LogP contribution in [0.1, 0.15) is 39.0 Å². The summed E-state index contributed by atoms with van der Waals surface area (Å²) in [5.41, 5.74) is 0. The van der Waals surface area contributed by atoms with Gasteiger partial charge in [0.05, 0.1) is 0 Å². The van der Waals surface area contributed by atoms with Crippen molar-refractivity contribution in [1.82, 2.24) is 10.2 Å². The first-order valence-electron chi connectivity index (χ1n) is 6.30. The summed E-state index contributed by atoms with van der Waals surface area (Å²) < 4.78 is 0. The second-order valence-electron chi connectivity index (χ2n) is 5.15. The van der Waals surface area contributed by atoms with Crippen molar-refractivity contribution in [2.24, 2.45) is 5.92 Å². The maximum Gasteiger partial charge on any atom is 0.00672 e. The lowest BCUT2D eigenvalue weighted by Crippen LogP contribution is -2.40. The normalized spacial score (nSPS) is 26.4. The van der Waals surface area contributed by atoms with Crippen LogP contribution in [0, 0.1) is 5.92 Å². The predicted octanol–water partition coefficient (Wildman–Crippen LogP) is 1.86. The van der Waals surface area contributed by atoms with Crippen LogP contribution in [0.4, 0.5) is 0 Å². The Morgan fingerprint density at radius 1 is 1.21 bits per heavy atom. The van der Waals surface area contributed by atoms with E-state index < -0.39 is 0 Å². The number of hydrogen-bond acceptors (Lipinski definition) is 2. The summed E-state index contributed by atoms with van der Waals surface area (Å²) in [6.07, 6.45) is 7.11. The fourth-order valence-corrected chi connectivity index (χ4v) is 2.45. The van der Waals surface area contributed by atoms with Gasteiger partial charge in [0.25, 0.3) is 0 Å². The molecule has 1 saturated carbocycles. The van der Waals surface area contributed by atoms with Crippen LogP contribution in [0.5, 0.6) is 0 Å². The second-order valence-corrected chi connectivity index (χ2v) is 5.15. The minimum absolute atomic E-state index is 0.827. The van der Waals surface area contributed by atoms with Gasteiger partial charge < -0.3 is 10.2 Å². The van der Waals surface area contributed by atoms with Crippen LogP contribution in [0.15, 0.2) is 0 Å². The van der Waals surface area contributed by atoms with Gasteiger partial charge in [0.1, 0.15) is 0 Å². The topological polar surface area (TPSA) is 15.3 Å². The lowest BCUT2D eigenvalue weighted by atomic mass is 9.93. The molecule has 0 amide bonds. The molecule has 1 unspecified atom stereocenters. The molecule has 1 atom stereocenters. The SMILES string of the molecule is CC(CNC1CCC1)CN1CCCC1. The van der Waals surface area contributed by atoms with Crippen LogP contribution in [0.2, 0.25) is 0 Å². The lowest BCUT2D eigenvalue weighted by molar-refractivity contribution is 0.260. The van der Waals surface area contributed by atoms with Crippen LogP contribution in [-0.4, -0.2) is 37.1 Å². The summed E-state index contributed by atoms with van der Waals surface area (Å²) in [6, 6.07) is 0.857. The van der Waals surface area contributed by atoms with Crippen molar-refractivity contribution >= 4 is 0 Å². The molecule has 14 heavy (non-hydrogen) atoms. The van der Waals surface area contributed by atoms with Gasteiger partial charge in [0, 0.05) is 12.6 Å². The molecule has 1 saturated heterocycles. The zero-order chi connectivity index (χ0) is 9.80. The molecule has 82 valence electrons. The van der Waals surface area contributed by atoms with Gasteiger partial charge in [-0.15, -0.1) is 0 Å². The Morgan fingerprint density at radius 2 is 1.93 bits per heavy atom. The summed E-state index contributed by atoms with van der Waals surface area (Å²) in [6.45, 7) is 7.59. The molecular weight excluding hydrogens is 172 g/mol. The Hall–Kier alpha value is -0.0800. The van der Waals surface area contributed by atoms with Gasteiger partial charge in [-0.3, -0.25) is 0 Å². The Bertz CT molecular complexity index is 160. The Labute approximate surface area is 88.1 Å². The van der Waals surface area contributed by atoms with Crippen LogP contribution < -0.4 is 5.32 Å². The average Bonchev–Trinajstić information content (AvgIpc) is 2.54. The number of likely N-dealkylation sites (tertiary alicyclic amines) is 1. The van der Waals surface area contributed by atoms with Crippen molar-refractivity contribution in [2.75, 3.05) is 26.2 Å². The van der Waals surface area contributed by atoms with Gasteiger partial charge in [-0.2, -0.15) is 0 Å². The highest BCUT2D eigenvalue weighted by atomic mass is 15.1. The molecule has 0 aromatic heterocycles. The van der Waals surface area contributed by atoms with E-state index in [9.17, 15) is 0 Å². The lowest BCUT2D eigenvalue weighted by Gasteiger charge is -2.29. The van der Waals surface area contributed by atoms with E-state index in [0.29, 0.717) is 0 Å². The van der Waals surface area contributed by atoms with E-state index in [4.69, 9.17) is 0 Å². The summed E-state index contributed by atoms with van der Waals surface area (Å²) in [4.78, 5) is 2.62. The molecule has 0 spiro atoms. The molecule has 0 radical (unpaired) electrons. The first kappa shape index (κ1) is 10.4. The third kappa shape index (κ3) is 2.96. The van der Waals surface area contributed by atoms with Gasteiger partial charge in [0.15, 0.2) is 0 Å². The van der Waals surface area contributed by atoms with Crippen molar-refractivity contribution in [3.05, 3.63) is 0 Å². The number of nitrogens with zero attached hydrogens (tertiary/aromatic N) is 1. The highest BCUT2D eigenvalue weighted by molar-refractivity contribution is 4.78. The minimum Gasteiger partial charge on any atom is -0.314 e. The van der Waals surface area contributed by atoms with Gasteiger partial charge in [-0.25, -0.2) is 0 Å². The Kier molecular flexibility index (Phi) is 3.82. The van der Waals surface area contributed by atoms with Gasteiger partial charge >= 0.3 is 0 Å². The molecule has 0 aromatic carbocycles. The van der Waals surface area contributed by atoms with Gasteiger partial charge in [-0.05, 0) is 51.2 Å². The number of hydrogen-bond donors (Lipinski definition) is 1. The monoisotopic (exact) mass is 196 g/mol. The summed E-state index contributed by atoms with van der Waals surface area (Å²) in [5.74, 6) is 0.827. The van der Waals surface area contributed by atoms with Gasteiger partial charge in [0.2, 0.25) is 0 Å². The highest BCUT2D eigenvalue weighted by Gasteiger charge is 2.18. The third-order valence-electron chi connectivity index (χ3n) is 3.63. The molecule has 1 aliphatic heterocycles. The number of nitrogens with one attached hydrogen (secondary N) is 1. The zero-order valence-electron chi connectivity index (χ0n) is 9.47. The van der Waals surface area contributed by atoms with Crippen LogP contribution in [0.25, 0.3) is 0 Å². The molecule has 0 bridgehead atoms. The molecule has 1 N–H and O–H groups in total. The molecule has 2 rings (SSSR count). The molecule has 1 heterocycles. The van der Waals surface area contributed by atoms with Crippen LogP contribution in [0.3, 0.4) is 0 Å². The van der Waals surface area contributed by atoms with E-state index in [-0.39, 0.29) is 0 Å². The quantitative estimate of drug-likeness (QED) is 0.722. The minimum atomic E-state index is 0.827. The first-order valence-corrected chi connectivity index (χ1v) is 6.30. The molecule has 2 aliphatic rings. The van der Waals surface area contributed by atoms with E-state index in [2.05, 4.69) is 17.1 Å². The fourth-order valence-electron chi connectivity index (χ4n) is 2.45. The van der Waals surface area contributed by atoms with E-state index in [1.165, 1.54) is 58.3 Å². The van der Waals surface area contributed by atoms with Gasteiger partial charge in [-0.1, -0.05) is 13.3 Å². The molecule has 0 aromatic rings. The molecule has 2 heteroatoms. The summed E-state index contributed by atoms with van der Waals surface area (Å²) in [7, 11) is 0. The first-order chi connectivity index (χ1) is 6.84. The standard InChI is InChI=1S/C12H24N2/c1-11(9-13-12-5-4-6-12)10-14-7-2-3-8-14/h11-13H,2-10H2,1H3. The molecule has 2 nitrogen and oxygen atoms in total. The van der Waals surface area contributed by atoms with E-state index in [1.54, 1.807) is 0 Å². The highest BCUT2D eigenvalue weighted by Crippen LogP contribution is 2.18. The van der Waals surface area contributed by atoms with E-state index in [1.807, 2.05) is 0 Å². The maximum absolute atomic E-state index is 3.67.